The maximum atomic E-state index is 10.3. The van der Waals surface area contributed by atoms with Crippen molar-refractivity contribution >= 4 is 11.0 Å². The van der Waals surface area contributed by atoms with E-state index in [1.165, 1.54) is 0 Å². The van der Waals surface area contributed by atoms with Gasteiger partial charge in [-0.25, -0.2) is 0 Å². The molecule has 0 amide bonds. The minimum Gasteiger partial charge on any atom is -0.459 e. The summed E-state index contributed by atoms with van der Waals surface area (Å²) in [7, 11) is 0. The number of aliphatic hydroxyl groups excluding tert-OH is 1. The van der Waals surface area contributed by atoms with E-state index >= 15 is 0 Å². The van der Waals surface area contributed by atoms with Crippen molar-refractivity contribution in [3.05, 3.63) is 36.1 Å². The van der Waals surface area contributed by atoms with Crippen molar-refractivity contribution < 1.29 is 19.0 Å². The predicted octanol–water partition coefficient (Wildman–Crippen LogP) is 3.37. The van der Waals surface area contributed by atoms with Crippen LogP contribution in [0.15, 0.2) is 34.7 Å². The minimum absolute atomic E-state index is 0.102. The zero-order valence-corrected chi connectivity index (χ0v) is 15.2. The summed E-state index contributed by atoms with van der Waals surface area (Å²) in [5.41, 5.74) is 0.904. The number of nitrogens with zero attached hydrogens (tertiary/aromatic N) is 1. The maximum Gasteiger partial charge on any atom is 0.134 e. The summed E-state index contributed by atoms with van der Waals surface area (Å²) in [6.45, 7) is 7.34. The number of benzene rings is 1. The molecule has 0 bridgehead atoms. The highest BCUT2D eigenvalue weighted by Gasteiger charge is 2.22. The topological polar surface area (TPSA) is 55.1 Å². The average molecular weight is 347 g/mol. The van der Waals surface area contributed by atoms with Gasteiger partial charge in [0.2, 0.25) is 0 Å². The number of hydrogen-bond acceptors (Lipinski definition) is 5. The van der Waals surface area contributed by atoms with Crippen LogP contribution in [0.4, 0.5) is 0 Å². The molecule has 1 saturated heterocycles. The van der Waals surface area contributed by atoms with Gasteiger partial charge in [0, 0.05) is 18.5 Å². The number of likely N-dealkylation sites (N-methyl/N-ethyl adjacent to an activating group) is 1. The van der Waals surface area contributed by atoms with Gasteiger partial charge < -0.3 is 19.0 Å². The van der Waals surface area contributed by atoms with Crippen molar-refractivity contribution in [1.82, 2.24) is 4.90 Å². The molecular formula is C20H29NO4. The molecule has 3 rings (SSSR count). The van der Waals surface area contributed by atoms with E-state index in [2.05, 4.69) is 30.9 Å². The van der Waals surface area contributed by atoms with Crippen molar-refractivity contribution in [2.75, 3.05) is 32.9 Å². The lowest BCUT2D eigenvalue weighted by Gasteiger charge is -2.28. The molecular weight excluding hydrogens is 318 g/mol. The number of ether oxygens (including phenoxy) is 2. The van der Waals surface area contributed by atoms with Gasteiger partial charge in [-0.3, -0.25) is 4.90 Å². The highest BCUT2D eigenvalue weighted by molar-refractivity contribution is 5.77. The first-order valence-electron chi connectivity index (χ1n) is 9.27. The third-order valence-electron chi connectivity index (χ3n) is 4.89. The second-order valence-corrected chi connectivity index (χ2v) is 6.78. The van der Waals surface area contributed by atoms with Gasteiger partial charge in [0.05, 0.1) is 31.5 Å². The number of hydrogen-bond donors (Lipinski definition) is 1. The lowest BCUT2D eigenvalue weighted by Crippen LogP contribution is -2.37. The van der Waals surface area contributed by atoms with Crippen molar-refractivity contribution in [3.8, 4) is 0 Å². The molecule has 1 aromatic heterocycles. The maximum absolute atomic E-state index is 10.3. The van der Waals surface area contributed by atoms with Crippen LogP contribution in [-0.4, -0.2) is 55.1 Å². The first-order chi connectivity index (χ1) is 12.2. The summed E-state index contributed by atoms with van der Waals surface area (Å²) >= 11 is 0. The molecule has 2 heterocycles. The third-order valence-corrected chi connectivity index (χ3v) is 4.89. The monoisotopic (exact) mass is 347 g/mol. The van der Waals surface area contributed by atoms with Gasteiger partial charge in [-0.05, 0) is 38.4 Å². The normalized spacial score (nSPS) is 20.4. The molecule has 1 aliphatic heterocycles. The van der Waals surface area contributed by atoms with Gasteiger partial charge in [0.15, 0.2) is 0 Å². The Bertz CT molecular complexity index is 617. The fourth-order valence-electron chi connectivity index (χ4n) is 3.38. The number of furan rings is 1. The minimum atomic E-state index is -0.520. The molecule has 0 aliphatic carbocycles. The molecule has 5 nitrogen and oxygen atoms in total. The highest BCUT2D eigenvalue weighted by atomic mass is 16.5. The fourth-order valence-corrected chi connectivity index (χ4v) is 3.38. The molecule has 1 fully saturated rings. The molecule has 0 spiro atoms. The first-order valence-corrected chi connectivity index (χ1v) is 9.27. The van der Waals surface area contributed by atoms with Gasteiger partial charge in [0.25, 0.3) is 0 Å². The predicted molar refractivity (Wildman–Crippen MR) is 97.7 cm³/mol. The van der Waals surface area contributed by atoms with Crippen LogP contribution in [0.25, 0.3) is 11.0 Å². The number of para-hydroxylation sites is 1. The average Bonchev–Trinajstić information content (AvgIpc) is 3.28. The number of aliphatic hydroxyl groups is 1. The summed E-state index contributed by atoms with van der Waals surface area (Å²) in [5.74, 6) is 0.926. The molecule has 3 atom stereocenters. The van der Waals surface area contributed by atoms with E-state index in [0.717, 1.165) is 42.7 Å². The van der Waals surface area contributed by atoms with E-state index < -0.39 is 6.10 Å². The van der Waals surface area contributed by atoms with Crippen LogP contribution >= 0.6 is 0 Å². The Labute approximate surface area is 149 Å². The molecule has 1 aliphatic rings. The van der Waals surface area contributed by atoms with E-state index in [0.29, 0.717) is 19.8 Å². The van der Waals surface area contributed by atoms with Crippen molar-refractivity contribution in [2.24, 2.45) is 0 Å². The standard InChI is InChI=1S/C20H29NO4/c1-3-21(12-17(22)13-23-14-18-8-6-10-24-18)15(2)20-11-16-7-4-5-9-19(16)25-20/h4-5,7,9,11,15,17-18,22H,3,6,8,10,12-14H2,1-2H3. The summed E-state index contributed by atoms with van der Waals surface area (Å²) < 4.78 is 17.1. The Hall–Kier alpha value is -1.40. The van der Waals surface area contributed by atoms with Gasteiger partial charge >= 0.3 is 0 Å². The molecule has 25 heavy (non-hydrogen) atoms. The Morgan fingerprint density at radius 3 is 2.92 bits per heavy atom. The van der Waals surface area contributed by atoms with Crippen LogP contribution in [0, 0.1) is 0 Å². The molecule has 0 radical (unpaired) electrons. The SMILES string of the molecule is CCN(CC(O)COCC1CCCO1)C(C)c1cc2ccccc2o1. The van der Waals surface area contributed by atoms with Gasteiger partial charge in [-0.2, -0.15) is 0 Å². The van der Waals surface area contributed by atoms with Crippen LogP contribution in [0.1, 0.15) is 38.5 Å². The zero-order chi connectivity index (χ0) is 17.6. The van der Waals surface area contributed by atoms with E-state index in [-0.39, 0.29) is 12.1 Å². The Morgan fingerprint density at radius 2 is 2.20 bits per heavy atom. The summed E-state index contributed by atoms with van der Waals surface area (Å²) in [5, 5.41) is 11.4. The van der Waals surface area contributed by atoms with Gasteiger partial charge in [-0.1, -0.05) is 25.1 Å². The molecule has 2 aromatic rings. The Balaban J connectivity index is 1.51. The Morgan fingerprint density at radius 1 is 1.36 bits per heavy atom. The lowest BCUT2D eigenvalue weighted by molar-refractivity contribution is -0.0283. The van der Waals surface area contributed by atoms with E-state index in [4.69, 9.17) is 13.9 Å². The molecule has 5 heteroatoms. The molecule has 3 unspecified atom stereocenters. The third kappa shape index (κ3) is 4.82. The summed E-state index contributed by atoms with van der Waals surface area (Å²) in [6.07, 6.45) is 1.84. The fraction of sp³-hybridized carbons (Fsp3) is 0.600. The zero-order valence-electron chi connectivity index (χ0n) is 15.2. The second kappa shape index (κ2) is 8.81. The van der Waals surface area contributed by atoms with Crippen molar-refractivity contribution in [2.45, 2.75) is 44.9 Å². The molecule has 1 aromatic carbocycles. The largest absolute Gasteiger partial charge is 0.459 e. The summed E-state index contributed by atoms with van der Waals surface area (Å²) in [6, 6.07) is 10.2. The van der Waals surface area contributed by atoms with Crippen LogP contribution in [0.5, 0.6) is 0 Å². The van der Waals surface area contributed by atoms with Gasteiger partial charge in [0.1, 0.15) is 11.3 Å². The van der Waals surface area contributed by atoms with Crippen LogP contribution in [-0.2, 0) is 9.47 Å². The van der Waals surface area contributed by atoms with Crippen LogP contribution < -0.4 is 0 Å². The molecule has 138 valence electrons. The molecule has 1 N–H and O–H groups in total. The lowest BCUT2D eigenvalue weighted by atomic mass is 10.1. The van der Waals surface area contributed by atoms with Gasteiger partial charge in [-0.15, -0.1) is 0 Å². The van der Waals surface area contributed by atoms with Crippen molar-refractivity contribution in [1.29, 1.82) is 0 Å². The number of fused-ring (bicyclic) bond motifs is 1. The van der Waals surface area contributed by atoms with E-state index in [1.807, 2.05) is 18.2 Å². The number of rotatable bonds is 9. The Kier molecular flexibility index (Phi) is 6.48. The van der Waals surface area contributed by atoms with Crippen molar-refractivity contribution in [3.63, 3.8) is 0 Å². The van der Waals surface area contributed by atoms with E-state index in [1.54, 1.807) is 0 Å². The smallest absolute Gasteiger partial charge is 0.134 e. The first kappa shape index (κ1) is 18.4. The van der Waals surface area contributed by atoms with Crippen LogP contribution in [0.3, 0.4) is 0 Å². The van der Waals surface area contributed by atoms with Crippen LogP contribution in [0.2, 0.25) is 0 Å². The quantitative estimate of drug-likeness (QED) is 0.754. The highest BCUT2D eigenvalue weighted by Crippen LogP contribution is 2.27. The van der Waals surface area contributed by atoms with E-state index in [9.17, 15) is 5.11 Å². The molecule has 0 saturated carbocycles. The summed E-state index contributed by atoms with van der Waals surface area (Å²) in [4.78, 5) is 2.21. The second-order valence-electron chi connectivity index (χ2n) is 6.78.